The lowest BCUT2D eigenvalue weighted by molar-refractivity contribution is -0.124. The number of carbonyl (C=O) groups excluding carboxylic acids is 2. The SMILES string of the molecule is CC[C@H](C)OC(=O)NC(=O)[C@@H](NC(C)C1CCCCC1)C(C)C. The summed E-state index contributed by atoms with van der Waals surface area (Å²) in [5.41, 5.74) is 0. The molecule has 1 saturated carbocycles. The number of rotatable bonds is 7. The molecule has 134 valence electrons. The van der Waals surface area contributed by atoms with Gasteiger partial charge in [-0.2, -0.15) is 0 Å². The molecule has 1 aliphatic rings. The van der Waals surface area contributed by atoms with Crippen molar-refractivity contribution in [3.8, 4) is 0 Å². The maximum absolute atomic E-state index is 12.4. The van der Waals surface area contributed by atoms with E-state index in [0.717, 1.165) is 6.42 Å². The first-order valence-corrected chi connectivity index (χ1v) is 9.12. The van der Waals surface area contributed by atoms with E-state index in [0.29, 0.717) is 5.92 Å². The molecule has 1 fully saturated rings. The van der Waals surface area contributed by atoms with Gasteiger partial charge in [-0.25, -0.2) is 4.79 Å². The quantitative estimate of drug-likeness (QED) is 0.750. The van der Waals surface area contributed by atoms with Crippen LogP contribution in [0.25, 0.3) is 0 Å². The summed E-state index contributed by atoms with van der Waals surface area (Å²) >= 11 is 0. The molecule has 2 amide bonds. The van der Waals surface area contributed by atoms with Crippen LogP contribution in [0.1, 0.15) is 73.1 Å². The summed E-state index contributed by atoms with van der Waals surface area (Å²) in [6, 6.07) is -0.101. The number of nitrogens with one attached hydrogen (secondary N) is 2. The van der Waals surface area contributed by atoms with E-state index in [1.165, 1.54) is 32.1 Å². The summed E-state index contributed by atoms with van der Waals surface area (Å²) in [6.45, 7) is 9.88. The van der Waals surface area contributed by atoms with Gasteiger partial charge in [0.2, 0.25) is 5.91 Å². The second-order valence-electron chi connectivity index (χ2n) is 7.19. The first-order valence-electron chi connectivity index (χ1n) is 9.12. The average molecular weight is 326 g/mol. The molecule has 0 saturated heterocycles. The molecular weight excluding hydrogens is 292 g/mol. The summed E-state index contributed by atoms with van der Waals surface area (Å²) < 4.78 is 5.12. The Balaban J connectivity index is 2.55. The van der Waals surface area contributed by atoms with Crippen molar-refractivity contribution in [2.24, 2.45) is 11.8 Å². The Bertz CT molecular complexity index is 378. The number of amides is 2. The van der Waals surface area contributed by atoms with Gasteiger partial charge in [0.15, 0.2) is 0 Å². The Labute approximate surface area is 140 Å². The predicted octanol–water partition coefficient (Wildman–Crippen LogP) is 3.62. The number of imide groups is 1. The van der Waals surface area contributed by atoms with Crippen LogP contribution < -0.4 is 10.6 Å². The first kappa shape index (κ1) is 19.9. The zero-order chi connectivity index (χ0) is 17.4. The molecular formula is C18H34N2O3. The fourth-order valence-electron chi connectivity index (χ4n) is 3.10. The summed E-state index contributed by atoms with van der Waals surface area (Å²) in [4.78, 5) is 24.2. The van der Waals surface area contributed by atoms with Gasteiger partial charge in [-0.3, -0.25) is 10.1 Å². The fourth-order valence-corrected chi connectivity index (χ4v) is 3.10. The normalized spacial score (nSPS) is 19.9. The molecule has 0 aliphatic heterocycles. The van der Waals surface area contributed by atoms with Gasteiger partial charge in [0.1, 0.15) is 6.10 Å². The van der Waals surface area contributed by atoms with Crippen molar-refractivity contribution < 1.29 is 14.3 Å². The van der Waals surface area contributed by atoms with Crippen LogP contribution in [-0.2, 0) is 9.53 Å². The van der Waals surface area contributed by atoms with Gasteiger partial charge in [-0.15, -0.1) is 0 Å². The van der Waals surface area contributed by atoms with Crippen LogP contribution in [0, 0.1) is 11.8 Å². The Hall–Kier alpha value is -1.10. The van der Waals surface area contributed by atoms with Crippen LogP contribution in [-0.4, -0.2) is 30.2 Å². The smallest absolute Gasteiger partial charge is 0.414 e. The van der Waals surface area contributed by atoms with Gasteiger partial charge in [-0.1, -0.05) is 40.0 Å². The molecule has 0 radical (unpaired) electrons. The molecule has 5 heteroatoms. The molecule has 0 spiro atoms. The summed E-state index contributed by atoms with van der Waals surface area (Å²) in [6.07, 6.45) is 6.20. The van der Waals surface area contributed by atoms with Crippen molar-refractivity contribution in [2.45, 2.75) is 91.3 Å². The minimum atomic E-state index is -0.651. The molecule has 1 unspecified atom stereocenters. The Kier molecular flexibility index (Phi) is 8.59. The Morgan fingerprint density at radius 2 is 1.70 bits per heavy atom. The lowest BCUT2D eigenvalue weighted by Gasteiger charge is -2.32. The molecule has 0 aromatic rings. The van der Waals surface area contributed by atoms with Crippen molar-refractivity contribution in [1.29, 1.82) is 0 Å². The monoisotopic (exact) mass is 326 g/mol. The van der Waals surface area contributed by atoms with Gasteiger partial charge in [0.05, 0.1) is 6.04 Å². The Morgan fingerprint density at radius 1 is 1.09 bits per heavy atom. The largest absolute Gasteiger partial charge is 0.446 e. The maximum atomic E-state index is 12.4. The van der Waals surface area contributed by atoms with E-state index in [1.807, 2.05) is 27.7 Å². The highest BCUT2D eigenvalue weighted by molar-refractivity contribution is 5.95. The van der Waals surface area contributed by atoms with Crippen molar-refractivity contribution in [3.63, 3.8) is 0 Å². The third-order valence-electron chi connectivity index (χ3n) is 4.86. The molecule has 0 bridgehead atoms. The van der Waals surface area contributed by atoms with Crippen LogP contribution in [0.15, 0.2) is 0 Å². The van der Waals surface area contributed by atoms with Gasteiger partial charge >= 0.3 is 6.09 Å². The molecule has 1 aliphatic carbocycles. The van der Waals surface area contributed by atoms with E-state index in [-0.39, 0.29) is 30.0 Å². The second-order valence-corrected chi connectivity index (χ2v) is 7.19. The summed E-state index contributed by atoms with van der Waals surface area (Å²) in [5, 5.41) is 5.81. The van der Waals surface area contributed by atoms with E-state index < -0.39 is 6.09 Å². The van der Waals surface area contributed by atoms with E-state index in [2.05, 4.69) is 17.6 Å². The third kappa shape index (κ3) is 6.90. The highest BCUT2D eigenvalue weighted by Crippen LogP contribution is 2.26. The molecule has 5 nitrogen and oxygen atoms in total. The van der Waals surface area contributed by atoms with Crippen molar-refractivity contribution >= 4 is 12.0 Å². The molecule has 0 aromatic carbocycles. The van der Waals surface area contributed by atoms with E-state index in [1.54, 1.807) is 0 Å². The van der Waals surface area contributed by atoms with E-state index in [4.69, 9.17) is 4.74 Å². The van der Waals surface area contributed by atoms with Crippen LogP contribution in [0.2, 0.25) is 0 Å². The standard InChI is InChI=1S/C18H34N2O3/c1-6-13(4)23-18(22)20-17(21)16(12(2)3)19-14(5)15-10-8-7-9-11-15/h12-16,19H,6-11H2,1-5H3,(H,20,21,22)/t13-,14?,16-/m0/s1. The summed E-state index contributed by atoms with van der Waals surface area (Å²) in [7, 11) is 0. The minimum absolute atomic E-state index is 0.109. The zero-order valence-corrected chi connectivity index (χ0v) is 15.4. The van der Waals surface area contributed by atoms with Gasteiger partial charge in [0, 0.05) is 6.04 Å². The van der Waals surface area contributed by atoms with Crippen LogP contribution >= 0.6 is 0 Å². The topological polar surface area (TPSA) is 67.4 Å². The highest BCUT2D eigenvalue weighted by atomic mass is 16.6. The van der Waals surface area contributed by atoms with Gasteiger partial charge in [0.25, 0.3) is 0 Å². The molecule has 2 N–H and O–H groups in total. The molecule has 23 heavy (non-hydrogen) atoms. The first-order chi connectivity index (χ1) is 10.8. The lowest BCUT2D eigenvalue weighted by Crippen LogP contribution is -2.53. The van der Waals surface area contributed by atoms with Crippen LogP contribution in [0.3, 0.4) is 0 Å². The number of carbonyl (C=O) groups is 2. The van der Waals surface area contributed by atoms with Crippen molar-refractivity contribution in [1.82, 2.24) is 10.6 Å². The second kappa shape index (κ2) is 9.91. The highest BCUT2D eigenvalue weighted by Gasteiger charge is 2.29. The lowest BCUT2D eigenvalue weighted by atomic mass is 9.84. The molecule has 0 heterocycles. The van der Waals surface area contributed by atoms with E-state index >= 15 is 0 Å². The number of alkyl carbamates (subject to hydrolysis) is 1. The van der Waals surface area contributed by atoms with Gasteiger partial charge in [-0.05, 0) is 44.9 Å². The number of hydrogen-bond acceptors (Lipinski definition) is 4. The third-order valence-corrected chi connectivity index (χ3v) is 4.86. The number of hydrogen-bond donors (Lipinski definition) is 2. The Morgan fingerprint density at radius 3 is 2.22 bits per heavy atom. The molecule has 3 atom stereocenters. The average Bonchev–Trinajstić information content (AvgIpc) is 2.52. The van der Waals surface area contributed by atoms with Crippen molar-refractivity contribution in [3.05, 3.63) is 0 Å². The zero-order valence-electron chi connectivity index (χ0n) is 15.4. The number of ether oxygens (including phenoxy) is 1. The molecule has 0 aromatic heterocycles. The van der Waals surface area contributed by atoms with Crippen molar-refractivity contribution in [2.75, 3.05) is 0 Å². The van der Waals surface area contributed by atoms with Crippen LogP contribution in [0.4, 0.5) is 4.79 Å². The molecule has 1 rings (SSSR count). The fraction of sp³-hybridized carbons (Fsp3) is 0.889. The predicted molar refractivity (Wildman–Crippen MR) is 92.2 cm³/mol. The van der Waals surface area contributed by atoms with E-state index in [9.17, 15) is 9.59 Å². The minimum Gasteiger partial charge on any atom is -0.446 e. The van der Waals surface area contributed by atoms with Crippen LogP contribution in [0.5, 0.6) is 0 Å². The summed E-state index contributed by atoms with van der Waals surface area (Å²) in [5.74, 6) is 0.429. The maximum Gasteiger partial charge on any atom is 0.414 e. The van der Waals surface area contributed by atoms with Gasteiger partial charge < -0.3 is 10.1 Å².